The number of nitrogen functional groups attached to an aromatic ring is 1. The van der Waals surface area contributed by atoms with E-state index in [0.717, 1.165) is 37.5 Å². The maximum atomic E-state index is 5.86. The molecule has 0 saturated heterocycles. The van der Waals surface area contributed by atoms with Crippen molar-refractivity contribution in [1.82, 2.24) is 5.32 Å². The second-order valence-electron chi connectivity index (χ2n) is 4.40. The highest BCUT2D eigenvalue weighted by Gasteiger charge is 1.97. The van der Waals surface area contributed by atoms with Crippen LogP contribution in [0.4, 0.5) is 5.69 Å². The zero-order chi connectivity index (χ0) is 11.1. The summed E-state index contributed by atoms with van der Waals surface area (Å²) in [6.45, 7) is 6.63. The Bertz CT molecular complexity index is 282. The first-order valence-corrected chi connectivity index (χ1v) is 5.74. The lowest BCUT2D eigenvalue weighted by Crippen LogP contribution is -2.21. The Labute approximate surface area is 92.9 Å². The van der Waals surface area contributed by atoms with E-state index in [1.165, 1.54) is 5.56 Å². The van der Waals surface area contributed by atoms with E-state index < -0.39 is 0 Å². The van der Waals surface area contributed by atoms with Gasteiger partial charge in [0.25, 0.3) is 0 Å². The molecule has 0 atom stereocenters. The molecule has 0 aliphatic heterocycles. The van der Waals surface area contributed by atoms with E-state index in [2.05, 4.69) is 25.2 Å². The summed E-state index contributed by atoms with van der Waals surface area (Å²) >= 11 is 0. The minimum Gasteiger partial charge on any atom is -0.399 e. The molecule has 3 N–H and O–H groups in total. The van der Waals surface area contributed by atoms with Crippen LogP contribution < -0.4 is 11.1 Å². The highest BCUT2D eigenvalue weighted by molar-refractivity contribution is 5.46. The van der Waals surface area contributed by atoms with E-state index in [0.29, 0.717) is 0 Å². The van der Waals surface area contributed by atoms with Gasteiger partial charge in [-0.15, -0.1) is 0 Å². The van der Waals surface area contributed by atoms with E-state index in [1.54, 1.807) is 0 Å². The maximum absolute atomic E-state index is 5.86. The molecular formula is C13H22N2. The molecule has 0 radical (unpaired) electrons. The number of hydrogen-bond acceptors (Lipinski definition) is 2. The molecule has 2 heteroatoms. The van der Waals surface area contributed by atoms with Crippen LogP contribution in [-0.2, 0) is 6.42 Å². The molecule has 15 heavy (non-hydrogen) atoms. The average molecular weight is 206 g/mol. The summed E-state index contributed by atoms with van der Waals surface area (Å²) in [5.74, 6) is 0.729. The predicted octanol–water partition coefficient (Wildman–Crippen LogP) is 2.45. The van der Waals surface area contributed by atoms with Gasteiger partial charge in [0, 0.05) is 5.69 Å². The summed E-state index contributed by atoms with van der Waals surface area (Å²) in [6, 6.07) is 8.11. The number of aryl methyl sites for hydroxylation is 1. The van der Waals surface area contributed by atoms with Gasteiger partial charge in [0.1, 0.15) is 0 Å². The lowest BCUT2D eigenvalue weighted by molar-refractivity contribution is 0.543. The molecule has 0 bridgehead atoms. The number of benzene rings is 1. The summed E-state index contributed by atoms with van der Waals surface area (Å²) in [6.07, 6.45) is 2.22. The predicted molar refractivity (Wildman–Crippen MR) is 66.9 cm³/mol. The third kappa shape index (κ3) is 4.84. The summed E-state index contributed by atoms with van der Waals surface area (Å²) in [4.78, 5) is 0. The summed E-state index contributed by atoms with van der Waals surface area (Å²) in [5.41, 5.74) is 8.05. The van der Waals surface area contributed by atoms with Gasteiger partial charge in [-0.1, -0.05) is 32.0 Å². The van der Waals surface area contributed by atoms with Crippen molar-refractivity contribution in [3.05, 3.63) is 29.8 Å². The third-order valence-corrected chi connectivity index (χ3v) is 2.41. The molecule has 0 spiro atoms. The van der Waals surface area contributed by atoms with Crippen LogP contribution in [0.2, 0.25) is 0 Å². The Hall–Kier alpha value is -1.02. The van der Waals surface area contributed by atoms with Gasteiger partial charge >= 0.3 is 0 Å². The van der Waals surface area contributed by atoms with Gasteiger partial charge in [-0.25, -0.2) is 0 Å². The molecule has 0 unspecified atom stereocenters. The Balaban J connectivity index is 2.18. The molecule has 0 aromatic heterocycles. The molecule has 1 rings (SSSR count). The zero-order valence-electron chi connectivity index (χ0n) is 9.79. The summed E-state index contributed by atoms with van der Waals surface area (Å²) in [5, 5.41) is 3.43. The Morgan fingerprint density at radius 3 is 2.67 bits per heavy atom. The van der Waals surface area contributed by atoms with Crippen LogP contribution in [0.3, 0.4) is 0 Å². The topological polar surface area (TPSA) is 38.0 Å². The minimum atomic E-state index is 0.729. The Kier molecular flexibility index (Phi) is 5.19. The van der Waals surface area contributed by atoms with E-state index in [4.69, 9.17) is 5.73 Å². The number of para-hydroxylation sites is 1. The number of anilines is 1. The van der Waals surface area contributed by atoms with Crippen LogP contribution in [0.25, 0.3) is 0 Å². The van der Waals surface area contributed by atoms with E-state index in [9.17, 15) is 0 Å². The fourth-order valence-electron chi connectivity index (χ4n) is 1.56. The van der Waals surface area contributed by atoms with Crippen molar-refractivity contribution in [2.45, 2.75) is 26.7 Å². The first-order chi connectivity index (χ1) is 7.20. The smallest absolute Gasteiger partial charge is 0.0346 e. The van der Waals surface area contributed by atoms with Gasteiger partial charge in [-0.05, 0) is 43.5 Å². The maximum Gasteiger partial charge on any atom is 0.0346 e. The average Bonchev–Trinajstić information content (AvgIpc) is 2.20. The molecule has 0 fully saturated rings. The minimum absolute atomic E-state index is 0.729. The highest BCUT2D eigenvalue weighted by atomic mass is 14.8. The molecular weight excluding hydrogens is 184 g/mol. The molecule has 1 aromatic carbocycles. The molecule has 2 nitrogen and oxygen atoms in total. The van der Waals surface area contributed by atoms with Gasteiger partial charge in [0.05, 0.1) is 0 Å². The molecule has 0 saturated carbocycles. The monoisotopic (exact) mass is 206 g/mol. The third-order valence-electron chi connectivity index (χ3n) is 2.41. The Morgan fingerprint density at radius 1 is 1.27 bits per heavy atom. The van der Waals surface area contributed by atoms with Crippen molar-refractivity contribution < 1.29 is 0 Å². The van der Waals surface area contributed by atoms with Crippen LogP contribution in [0, 0.1) is 5.92 Å². The zero-order valence-corrected chi connectivity index (χ0v) is 9.79. The van der Waals surface area contributed by atoms with Crippen molar-refractivity contribution in [3.63, 3.8) is 0 Å². The normalized spacial score (nSPS) is 10.9. The lowest BCUT2D eigenvalue weighted by Gasteiger charge is -2.08. The van der Waals surface area contributed by atoms with Gasteiger partial charge in [-0.3, -0.25) is 0 Å². The standard InChI is InChI=1S/C13H22N2/c1-11(2)10-15-9-5-7-12-6-3-4-8-13(12)14/h3-4,6,8,11,15H,5,7,9-10,14H2,1-2H3. The molecule has 84 valence electrons. The first kappa shape index (κ1) is 12.1. The number of nitrogens with one attached hydrogen (secondary N) is 1. The van der Waals surface area contributed by atoms with Crippen LogP contribution in [-0.4, -0.2) is 13.1 Å². The van der Waals surface area contributed by atoms with Crippen molar-refractivity contribution >= 4 is 5.69 Å². The number of hydrogen-bond donors (Lipinski definition) is 2. The van der Waals surface area contributed by atoms with E-state index in [-0.39, 0.29) is 0 Å². The fraction of sp³-hybridized carbons (Fsp3) is 0.538. The van der Waals surface area contributed by atoms with Crippen molar-refractivity contribution in [3.8, 4) is 0 Å². The molecule has 0 aliphatic rings. The van der Waals surface area contributed by atoms with Crippen molar-refractivity contribution in [2.75, 3.05) is 18.8 Å². The fourth-order valence-corrected chi connectivity index (χ4v) is 1.56. The highest BCUT2D eigenvalue weighted by Crippen LogP contribution is 2.11. The molecule has 0 amide bonds. The largest absolute Gasteiger partial charge is 0.399 e. The van der Waals surface area contributed by atoms with Crippen LogP contribution in [0.5, 0.6) is 0 Å². The second-order valence-corrected chi connectivity index (χ2v) is 4.40. The van der Waals surface area contributed by atoms with Crippen LogP contribution in [0.1, 0.15) is 25.8 Å². The number of nitrogens with two attached hydrogens (primary N) is 1. The Morgan fingerprint density at radius 2 is 2.00 bits per heavy atom. The van der Waals surface area contributed by atoms with E-state index >= 15 is 0 Å². The molecule has 0 heterocycles. The van der Waals surface area contributed by atoms with Crippen molar-refractivity contribution in [1.29, 1.82) is 0 Å². The molecule has 1 aromatic rings. The van der Waals surface area contributed by atoms with Gasteiger partial charge in [0.15, 0.2) is 0 Å². The number of rotatable bonds is 6. The van der Waals surface area contributed by atoms with Crippen LogP contribution >= 0.6 is 0 Å². The van der Waals surface area contributed by atoms with Crippen molar-refractivity contribution in [2.24, 2.45) is 5.92 Å². The quantitative estimate of drug-likeness (QED) is 0.554. The molecule has 0 aliphatic carbocycles. The van der Waals surface area contributed by atoms with Gasteiger partial charge < -0.3 is 11.1 Å². The SMILES string of the molecule is CC(C)CNCCCc1ccccc1N. The summed E-state index contributed by atoms with van der Waals surface area (Å²) < 4.78 is 0. The summed E-state index contributed by atoms with van der Waals surface area (Å²) in [7, 11) is 0. The van der Waals surface area contributed by atoms with Gasteiger partial charge in [0.2, 0.25) is 0 Å². The van der Waals surface area contributed by atoms with Crippen LogP contribution in [0.15, 0.2) is 24.3 Å². The second kappa shape index (κ2) is 6.46. The van der Waals surface area contributed by atoms with E-state index in [1.807, 2.05) is 18.2 Å². The van der Waals surface area contributed by atoms with Gasteiger partial charge in [-0.2, -0.15) is 0 Å². The first-order valence-electron chi connectivity index (χ1n) is 5.74. The lowest BCUT2D eigenvalue weighted by atomic mass is 10.1.